The molecule has 2 saturated heterocycles. The van der Waals surface area contributed by atoms with Crippen molar-refractivity contribution in [2.45, 2.75) is 32.6 Å². The number of amides is 2. The van der Waals surface area contributed by atoms with Crippen LogP contribution < -0.4 is 16.4 Å². The zero-order valence-corrected chi connectivity index (χ0v) is 17.2. The number of alkyl carbamates (subject to hydrolysis) is 1. The Kier molecular flexibility index (Phi) is 10.7. The van der Waals surface area contributed by atoms with Gasteiger partial charge in [-0.1, -0.05) is 44.2 Å². The van der Waals surface area contributed by atoms with Gasteiger partial charge in [0.15, 0.2) is 0 Å². The van der Waals surface area contributed by atoms with Crippen molar-refractivity contribution in [1.82, 2.24) is 15.5 Å². The van der Waals surface area contributed by atoms with Crippen molar-refractivity contribution in [2.24, 2.45) is 11.7 Å². The lowest BCUT2D eigenvalue weighted by atomic mass is 10.1. The highest BCUT2D eigenvalue weighted by atomic mass is 35.5. The van der Waals surface area contributed by atoms with E-state index < -0.39 is 6.09 Å². The molecule has 158 valence electrons. The molecular weight excluding hydrogens is 384 g/mol. The van der Waals surface area contributed by atoms with Crippen LogP contribution in [-0.2, 0) is 16.1 Å². The zero-order chi connectivity index (χ0) is 19.6. The number of likely N-dealkylation sites (tertiary alicyclic amines) is 1. The molecule has 4 N–H and O–H groups in total. The summed E-state index contributed by atoms with van der Waals surface area (Å²) in [6.07, 6.45) is -0.976. The molecule has 0 aromatic heterocycles. The molecule has 1 aromatic carbocycles. The molecule has 1 aromatic rings. The summed E-state index contributed by atoms with van der Waals surface area (Å²) in [5.41, 5.74) is 5.87. The van der Waals surface area contributed by atoms with Crippen molar-refractivity contribution in [3.63, 3.8) is 0 Å². The molecular formula is C19H31ClN4O4. The van der Waals surface area contributed by atoms with Gasteiger partial charge in [-0.25, -0.2) is 9.59 Å². The first-order chi connectivity index (χ1) is 12.9. The minimum atomic E-state index is -0.663. The third-order valence-corrected chi connectivity index (χ3v) is 4.15. The van der Waals surface area contributed by atoms with E-state index in [1.54, 1.807) is 0 Å². The summed E-state index contributed by atoms with van der Waals surface area (Å²) in [4.78, 5) is 23.8. The minimum Gasteiger partial charge on any atom is -0.445 e. The number of nitrogens with zero attached hydrogens (tertiary/aromatic N) is 1. The van der Waals surface area contributed by atoms with E-state index in [9.17, 15) is 9.59 Å². The van der Waals surface area contributed by atoms with Crippen LogP contribution in [0.2, 0.25) is 0 Å². The van der Waals surface area contributed by atoms with Crippen LogP contribution in [0, 0.1) is 5.92 Å². The van der Waals surface area contributed by atoms with Gasteiger partial charge in [0.05, 0.1) is 6.04 Å². The van der Waals surface area contributed by atoms with Crippen LogP contribution in [0.4, 0.5) is 9.59 Å². The topological polar surface area (TPSA) is 106 Å². The van der Waals surface area contributed by atoms with Crippen molar-refractivity contribution in [2.75, 3.05) is 32.7 Å². The standard InChI is InChI=1S/C11H14N2O2.C8H16N2O2.ClH/c14-11(13-10-6-12-7-10)15-8-9-4-2-1-3-5-9;1-6(2)3-10-4-7(5-10)12-8(9)11;/h1-5,10,12H,6-8H2,(H,13,14);6-7H,3-5H2,1-2H3,(H2,9,11);1H. The molecule has 3 rings (SSSR count). The van der Waals surface area contributed by atoms with Gasteiger partial charge in [0.1, 0.15) is 12.7 Å². The monoisotopic (exact) mass is 414 g/mol. The van der Waals surface area contributed by atoms with Gasteiger partial charge in [-0.15, -0.1) is 12.4 Å². The molecule has 2 heterocycles. The van der Waals surface area contributed by atoms with E-state index in [1.807, 2.05) is 30.3 Å². The largest absolute Gasteiger partial charge is 0.445 e. The molecule has 9 heteroatoms. The molecule has 0 aliphatic carbocycles. The summed E-state index contributed by atoms with van der Waals surface area (Å²) in [7, 11) is 0. The van der Waals surface area contributed by atoms with Crippen LogP contribution in [-0.4, -0.2) is 62.0 Å². The molecule has 0 saturated carbocycles. The van der Waals surface area contributed by atoms with Gasteiger partial charge in [-0.2, -0.15) is 0 Å². The van der Waals surface area contributed by atoms with Gasteiger partial charge in [-0.05, 0) is 11.5 Å². The van der Waals surface area contributed by atoms with E-state index in [4.69, 9.17) is 15.2 Å². The van der Waals surface area contributed by atoms with E-state index in [0.717, 1.165) is 38.3 Å². The number of hydrogen-bond donors (Lipinski definition) is 3. The highest BCUT2D eigenvalue weighted by molar-refractivity contribution is 5.85. The third-order valence-electron chi connectivity index (χ3n) is 4.15. The molecule has 2 aliphatic rings. The molecule has 2 amide bonds. The Balaban J connectivity index is 0.000000277. The normalized spacial score (nSPS) is 16.5. The van der Waals surface area contributed by atoms with Crippen molar-refractivity contribution >= 4 is 24.6 Å². The smallest absolute Gasteiger partial charge is 0.407 e. The Morgan fingerprint density at radius 3 is 2.39 bits per heavy atom. The minimum absolute atomic E-state index is 0. The average molecular weight is 415 g/mol. The highest BCUT2D eigenvalue weighted by Crippen LogP contribution is 2.13. The van der Waals surface area contributed by atoms with Crippen molar-refractivity contribution in [1.29, 1.82) is 0 Å². The van der Waals surface area contributed by atoms with Crippen LogP contribution >= 0.6 is 12.4 Å². The van der Waals surface area contributed by atoms with Crippen LogP contribution in [0.5, 0.6) is 0 Å². The summed E-state index contributed by atoms with van der Waals surface area (Å²) in [5, 5.41) is 5.83. The number of ether oxygens (including phenoxy) is 2. The second-order valence-corrected chi connectivity index (χ2v) is 7.23. The lowest BCUT2D eigenvalue weighted by molar-refractivity contribution is -0.0144. The summed E-state index contributed by atoms with van der Waals surface area (Å²) in [5.74, 6) is 0.666. The Morgan fingerprint density at radius 1 is 1.25 bits per heavy atom. The van der Waals surface area contributed by atoms with Crippen molar-refractivity contribution in [3.8, 4) is 0 Å². The Morgan fingerprint density at radius 2 is 1.89 bits per heavy atom. The number of nitrogens with two attached hydrogens (primary N) is 1. The molecule has 8 nitrogen and oxygen atoms in total. The average Bonchev–Trinajstić information content (AvgIpc) is 2.55. The maximum atomic E-state index is 11.3. The van der Waals surface area contributed by atoms with Crippen LogP contribution in [0.1, 0.15) is 19.4 Å². The van der Waals surface area contributed by atoms with E-state index in [-0.39, 0.29) is 30.6 Å². The number of carbonyl (C=O) groups is 2. The second-order valence-electron chi connectivity index (χ2n) is 7.23. The first-order valence-electron chi connectivity index (χ1n) is 9.28. The van der Waals surface area contributed by atoms with Gasteiger partial charge in [0, 0.05) is 32.7 Å². The van der Waals surface area contributed by atoms with Gasteiger partial charge < -0.3 is 25.8 Å². The number of primary amides is 1. The lowest BCUT2D eigenvalue weighted by Gasteiger charge is -2.38. The Labute approximate surface area is 172 Å². The summed E-state index contributed by atoms with van der Waals surface area (Å²) >= 11 is 0. The SMILES string of the molecule is CC(C)CN1CC(OC(N)=O)C1.Cl.O=C(NC1CNC1)OCc1ccccc1. The summed E-state index contributed by atoms with van der Waals surface area (Å²) in [6.45, 7) is 9.07. The molecule has 0 spiro atoms. The van der Waals surface area contributed by atoms with Gasteiger partial charge in [-0.3, -0.25) is 4.90 Å². The van der Waals surface area contributed by atoms with E-state index >= 15 is 0 Å². The molecule has 0 atom stereocenters. The Bertz CT molecular complexity index is 593. The molecule has 2 fully saturated rings. The van der Waals surface area contributed by atoms with E-state index in [2.05, 4.69) is 29.4 Å². The lowest BCUT2D eigenvalue weighted by Crippen LogP contribution is -2.56. The van der Waals surface area contributed by atoms with Gasteiger partial charge in [0.25, 0.3) is 0 Å². The van der Waals surface area contributed by atoms with Crippen LogP contribution in [0.25, 0.3) is 0 Å². The first kappa shape index (κ1) is 24.0. The van der Waals surface area contributed by atoms with Crippen molar-refractivity contribution in [3.05, 3.63) is 35.9 Å². The fraction of sp³-hybridized carbons (Fsp3) is 0.579. The summed E-state index contributed by atoms with van der Waals surface area (Å²) in [6, 6.07) is 9.87. The van der Waals surface area contributed by atoms with Gasteiger partial charge in [0.2, 0.25) is 0 Å². The molecule has 0 unspecified atom stereocenters. The number of hydrogen-bond acceptors (Lipinski definition) is 6. The van der Waals surface area contributed by atoms with E-state index in [1.165, 1.54) is 0 Å². The molecule has 2 aliphatic heterocycles. The maximum absolute atomic E-state index is 11.3. The van der Waals surface area contributed by atoms with Crippen LogP contribution in [0.3, 0.4) is 0 Å². The number of nitrogens with one attached hydrogen (secondary N) is 2. The zero-order valence-electron chi connectivity index (χ0n) is 16.4. The van der Waals surface area contributed by atoms with Gasteiger partial charge >= 0.3 is 12.2 Å². The number of carbonyl (C=O) groups excluding carboxylic acids is 2. The number of benzene rings is 1. The molecule has 0 bridgehead atoms. The molecule has 28 heavy (non-hydrogen) atoms. The summed E-state index contributed by atoms with van der Waals surface area (Å²) < 4.78 is 9.85. The Hall–Kier alpha value is -2.03. The van der Waals surface area contributed by atoms with Crippen molar-refractivity contribution < 1.29 is 19.1 Å². The maximum Gasteiger partial charge on any atom is 0.407 e. The molecule has 0 radical (unpaired) electrons. The van der Waals surface area contributed by atoms with E-state index in [0.29, 0.717) is 12.5 Å². The number of rotatable bonds is 6. The predicted molar refractivity (Wildman–Crippen MR) is 109 cm³/mol. The first-order valence-corrected chi connectivity index (χ1v) is 9.28. The highest BCUT2D eigenvalue weighted by Gasteiger charge is 2.29. The fourth-order valence-corrected chi connectivity index (χ4v) is 2.75. The number of halogens is 1. The second kappa shape index (κ2) is 12.4. The van der Waals surface area contributed by atoms with Crippen LogP contribution in [0.15, 0.2) is 30.3 Å². The fourth-order valence-electron chi connectivity index (χ4n) is 2.75. The predicted octanol–water partition coefficient (Wildman–Crippen LogP) is 1.73. The third kappa shape index (κ3) is 9.25. The quantitative estimate of drug-likeness (QED) is 0.654.